The molecule has 1 aliphatic rings. The molecule has 1 atom stereocenters. The second-order valence-electron chi connectivity index (χ2n) is 3.55. The van der Waals surface area contributed by atoms with Crippen LogP contribution >= 0.6 is 0 Å². The van der Waals surface area contributed by atoms with E-state index in [0.29, 0.717) is 0 Å². The van der Waals surface area contributed by atoms with Crippen molar-refractivity contribution >= 4 is 6.16 Å². The molecule has 0 saturated heterocycles. The van der Waals surface area contributed by atoms with E-state index >= 15 is 0 Å². The third-order valence-corrected chi connectivity index (χ3v) is 2.41. The standard InChI is InChI=1S/C10H18O4/c1-8(12-2)13-10(11)14-9-6-4-3-5-7-9/h8-9H,3-7H2,1-2H3. The van der Waals surface area contributed by atoms with Crippen molar-refractivity contribution in [2.75, 3.05) is 7.11 Å². The van der Waals surface area contributed by atoms with Crippen molar-refractivity contribution in [3.63, 3.8) is 0 Å². The number of carbonyl (C=O) groups excluding carboxylic acids is 1. The second kappa shape index (κ2) is 5.86. The van der Waals surface area contributed by atoms with Crippen molar-refractivity contribution in [2.45, 2.75) is 51.4 Å². The molecule has 0 aromatic heterocycles. The number of hydrogen-bond acceptors (Lipinski definition) is 4. The molecule has 0 heterocycles. The van der Waals surface area contributed by atoms with Gasteiger partial charge in [-0.05, 0) is 32.6 Å². The van der Waals surface area contributed by atoms with Crippen molar-refractivity contribution in [2.24, 2.45) is 0 Å². The smallest absolute Gasteiger partial charge is 0.431 e. The number of methoxy groups -OCH3 is 1. The first-order chi connectivity index (χ1) is 6.72. The fraction of sp³-hybridized carbons (Fsp3) is 0.900. The van der Waals surface area contributed by atoms with E-state index in [9.17, 15) is 4.79 Å². The van der Waals surface area contributed by atoms with Gasteiger partial charge in [0.2, 0.25) is 6.29 Å². The fourth-order valence-corrected chi connectivity index (χ4v) is 1.53. The summed E-state index contributed by atoms with van der Waals surface area (Å²) in [5.41, 5.74) is 0. The largest absolute Gasteiger partial charge is 0.510 e. The average Bonchev–Trinajstić information content (AvgIpc) is 2.19. The van der Waals surface area contributed by atoms with Gasteiger partial charge >= 0.3 is 6.16 Å². The van der Waals surface area contributed by atoms with Gasteiger partial charge in [-0.25, -0.2) is 4.79 Å². The highest BCUT2D eigenvalue weighted by atomic mass is 16.8. The molecule has 0 N–H and O–H groups in total. The van der Waals surface area contributed by atoms with Crippen molar-refractivity contribution < 1.29 is 19.0 Å². The Morgan fingerprint density at radius 3 is 2.50 bits per heavy atom. The van der Waals surface area contributed by atoms with Gasteiger partial charge in [0.05, 0.1) is 0 Å². The number of hydrogen-bond donors (Lipinski definition) is 0. The molecule has 1 rings (SSSR count). The van der Waals surface area contributed by atoms with E-state index in [-0.39, 0.29) is 6.10 Å². The predicted octanol–water partition coefficient (Wildman–Crippen LogP) is 2.46. The lowest BCUT2D eigenvalue weighted by molar-refractivity contribution is -0.101. The zero-order valence-corrected chi connectivity index (χ0v) is 8.82. The molecule has 4 nitrogen and oxygen atoms in total. The van der Waals surface area contributed by atoms with E-state index < -0.39 is 12.4 Å². The van der Waals surface area contributed by atoms with Gasteiger partial charge in [0, 0.05) is 7.11 Å². The van der Waals surface area contributed by atoms with Crippen LogP contribution in [0.25, 0.3) is 0 Å². The van der Waals surface area contributed by atoms with E-state index in [1.54, 1.807) is 6.92 Å². The maximum atomic E-state index is 11.2. The molecule has 0 aromatic carbocycles. The van der Waals surface area contributed by atoms with Crippen molar-refractivity contribution in [3.05, 3.63) is 0 Å². The third-order valence-electron chi connectivity index (χ3n) is 2.41. The second-order valence-corrected chi connectivity index (χ2v) is 3.55. The fourth-order valence-electron chi connectivity index (χ4n) is 1.53. The summed E-state index contributed by atoms with van der Waals surface area (Å²) in [6.45, 7) is 1.65. The van der Waals surface area contributed by atoms with Gasteiger partial charge in [0.15, 0.2) is 0 Å². The lowest BCUT2D eigenvalue weighted by Gasteiger charge is -2.22. The van der Waals surface area contributed by atoms with E-state index in [0.717, 1.165) is 25.7 Å². The zero-order valence-electron chi connectivity index (χ0n) is 8.82. The summed E-state index contributed by atoms with van der Waals surface area (Å²) in [5.74, 6) is 0. The van der Waals surface area contributed by atoms with E-state index in [1.165, 1.54) is 13.5 Å². The van der Waals surface area contributed by atoms with Crippen molar-refractivity contribution in [1.82, 2.24) is 0 Å². The Hall–Kier alpha value is -0.770. The first kappa shape index (κ1) is 11.3. The lowest BCUT2D eigenvalue weighted by Crippen LogP contribution is -2.24. The number of carbonyl (C=O) groups is 1. The van der Waals surface area contributed by atoms with Crippen LogP contribution in [0.3, 0.4) is 0 Å². The summed E-state index contributed by atoms with van der Waals surface area (Å²) in [6.07, 6.45) is 4.31. The first-order valence-electron chi connectivity index (χ1n) is 5.12. The lowest BCUT2D eigenvalue weighted by atomic mass is 9.98. The average molecular weight is 202 g/mol. The molecule has 0 radical (unpaired) electrons. The Morgan fingerprint density at radius 1 is 1.29 bits per heavy atom. The molecule has 0 aromatic rings. The molecule has 0 amide bonds. The normalized spacial score (nSPS) is 20.1. The summed E-state index contributed by atoms with van der Waals surface area (Å²) < 4.78 is 14.7. The van der Waals surface area contributed by atoms with Crippen LogP contribution in [0.2, 0.25) is 0 Å². The molecule has 1 aliphatic carbocycles. The zero-order chi connectivity index (χ0) is 10.4. The molecule has 1 unspecified atom stereocenters. The Morgan fingerprint density at radius 2 is 1.93 bits per heavy atom. The molecule has 82 valence electrons. The summed E-state index contributed by atoms with van der Waals surface area (Å²) in [4.78, 5) is 11.2. The summed E-state index contributed by atoms with van der Waals surface area (Å²) in [5, 5.41) is 0. The molecular formula is C10H18O4. The molecule has 1 fully saturated rings. The van der Waals surface area contributed by atoms with Crippen LogP contribution < -0.4 is 0 Å². The Kier molecular flexibility index (Phi) is 4.73. The van der Waals surface area contributed by atoms with Crippen LogP contribution in [0.4, 0.5) is 4.79 Å². The highest BCUT2D eigenvalue weighted by Gasteiger charge is 2.19. The summed E-state index contributed by atoms with van der Waals surface area (Å²) in [6, 6.07) is 0. The minimum absolute atomic E-state index is 0.0420. The van der Waals surface area contributed by atoms with Crippen LogP contribution in [-0.2, 0) is 14.2 Å². The molecule has 14 heavy (non-hydrogen) atoms. The van der Waals surface area contributed by atoms with Crippen LogP contribution in [0, 0.1) is 0 Å². The third kappa shape index (κ3) is 3.96. The van der Waals surface area contributed by atoms with Gasteiger partial charge in [-0.2, -0.15) is 0 Å². The van der Waals surface area contributed by atoms with Crippen LogP contribution in [-0.4, -0.2) is 25.7 Å². The van der Waals surface area contributed by atoms with Crippen LogP contribution in [0.15, 0.2) is 0 Å². The maximum absolute atomic E-state index is 11.2. The highest BCUT2D eigenvalue weighted by Crippen LogP contribution is 2.20. The van der Waals surface area contributed by atoms with Crippen molar-refractivity contribution in [3.8, 4) is 0 Å². The maximum Gasteiger partial charge on any atom is 0.510 e. The van der Waals surface area contributed by atoms with Crippen LogP contribution in [0.5, 0.6) is 0 Å². The molecule has 0 bridgehead atoms. The monoisotopic (exact) mass is 202 g/mol. The predicted molar refractivity (Wildman–Crippen MR) is 50.9 cm³/mol. The summed E-state index contributed by atoms with van der Waals surface area (Å²) in [7, 11) is 1.48. The Balaban J connectivity index is 2.18. The van der Waals surface area contributed by atoms with Gasteiger partial charge < -0.3 is 14.2 Å². The Labute approximate surface area is 84.5 Å². The first-order valence-corrected chi connectivity index (χ1v) is 5.12. The Bertz CT molecular complexity index is 175. The van der Waals surface area contributed by atoms with Gasteiger partial charge in [-0.3, -0.25) is 0 Å². The quantitative estimate of drug-likeness (QED) is 0.521. The molecule has 1 saturated carbocycles. The molecule has 0 aliphatic heterocycles. The van der Waals surface area contributed by atoms with Gasteiger partial charge in [0.25, 0.3) is 0 Å². The van der Waals surface area contributed by atoms with Gasteiger partial charge in [-0.1, -0.05) is 6.42 Å². The number of ether oxygens (including phenoxy) is 3. The minimum atomic E-state index is -0.619. The highest BCUT2D eigenvalue weighted by molar-refractivity contribution is 5.60. The van der Waals surface area contributed by atoms with E-state index in [4.69, 9.17) is 14.2 Å². The molecular weight excluding hydrogens is 184 g/mol. The molecule has 0 spiro atoms. The van der Waals surface area contributed by atoms with Gasteiger partial charge in [-0.15, -0.1) is 0 Å². The van der Waals surface area contributed by atoms with E-state index in [1.807, 2.05) is 0 Å². The van der Waals surface area contributed by atoms with Crippen LogP contribution in [0.1, 0.15) is 39.0 Å². The number of rotatable bonds is 3. The van der Waals surface area contributed by atoms with Crippen molar-refractivity contribution in [1.29, 1.82) is 0 Å². The SMILES string of the molecule is COC(C)OC(=O)OC1CCCCC1. The van der Waals surface area contributed by atoms with E-state index in [2.05, 4.69) is 0 Å². The topological polar surface area (TPSA) is 44.8 Å². The molecule has 4 heteroatoms. The minimum Gasteiger partial charge on any atom is -0.431 e. The van der Waals surface area contributed by atoms with Gasteiger partial charge in [0.1, 0.15) is 6.10 Å². The summed E-state index contributed by atoms with van der Waals surface area (Å²) >= 11 is 0.